The van der Waals surface area contributed by atoms with Gasteiger partial charge in [0.1, 0.15) is 24.2 Å². The number of nitrogens with zero attached hydrogens (tertiary/aromatic N) is 3. The third-order valence-corrected chi connectivity index (χ3v) is 8.98. The zero-order valence-electron chi connectivity index (χ0n) is 26.3. The van der Waals surface area contributed by atoms with Gasteiger partial charge in [0.15, 0.2) is 0 Å². The van der Waals surface area contributed by atoms with Gasteiger partial charge < -0.3 is 15.4 Å². The van der Waals surface area contributed by atoms with Crippen LogP contribution in [0.15, 0.2) is 36.5 Å². The lowest BCUT2D eigenvalue weighted by Gasteiger charge is -2.35. The van der Waals surface area contributed by atoms with E-state index in [0.29, 0.717) is 36.2 Å². The van der Waals surface area contributed by atoms with Gasteiger partial charge >= 0.3 is 5.97 Å². The molecule has 3 N–H and O–H groups in total. The number of nitrogens with one attached hydrogen (secondary N) is 3. The first-order valence-corrected chi connectivity index (χ1v) is 17.0. The summed E-state index contributed by atoms with van der Waals surface area (Å²) in [4.78, 5) is 57.0. The van der Waals surface area contributed by atoms with E-state index < -0.39 is 57.9 Å². The second-order valence-electron chi connectivity index (χ2n) is 11.9. The number of sulfonamides is 1. The molecular weight excluding hydrogens is 600 g/mol. The van der Waals surface area contributed by atoms with E-state index >= 15 is 0 Å². The zero-order chi connectivity index (χ0) is 32.9. The second-order valence-corrected chi connectivity index (χ2v) is 13.8. The topological polar surface area (TPSA) is 167 Å². The molecule has 3 heterocycles. The predicted octanol–water partition coefficient (Wildman–Crippen LogP) is 2.01. The van der Waals surface area contributed by atoms with Crippen molar-refractivity contribution < 1.29 is 32.3 Å². The van der Waals surface area contributed by atoms with E-state index in [1.165, 1.54) is 11.2 Å². The maximum atomic E-state index is 13.2. The molecule has 14 heteroatoms. The molecule has 0 saturated carbocycles. The van der Waals surface area contributed by atoms with Gasteiger partial charge in [-0.1, -0.05) is 32.0 Å². The van der Waals surface area contributed by atoms with Crippen molar-refractivity contribution in [1.82, 2.24) is 30.4 Å². The number of hydrazine groups is 1. The van der Waals surface area contributed by atoms with Gasteiger partial charge in [-0.3, -0.25) is 28.5 Å². The normalized spacial score (nSPS) is 24.8. The minimum Gasteiger partial charge on any atom is -0.455 e. The van der Waals surface area contributed by atoms with Crippen molar-refractivity contribution in [2.45, 2.75) is 77.6 Å². The van der Waals surface area contributed by atoms with E-state index in [-0.39, 0.29) is 25.3 Å². The molecule has 1 aromatic carbocycles. The highest BCUT2D eigenvalue weighted by Crippen LogP contribution is 2.23. The van der Waals surface area contributed by atoms with Crippen LogP contribution < -0.4 is 16.1 Å². The number of benzene rings is 1. The third-order valence-electron chi connectivity index (χ3n) is 7.82. The molecule has 4 rings (SSSR count). The van der Waals surface area contributed by atoms with Gasteiger partial charge in [0, 0.05) is 31.1 Å². The monoisotopic (exact) mass is 642 g/mol. The molecule has 4 atom stereocenters. The fraction of sp³-hybridized carbons (Fsp3) is 0.516. The molecule has 13 nitrogen and oxygen atoms in total. The quantitative estimate of drug-likeness (QED) is 0.415. The summed E-state index contributed by atoms with van der Waals surface area (Å²) in [7, 11) is -3.63. The SMILES string of the molecule is CC1NC(=O)C(C(C)C)NC(=O)CCCN(S(C)(=O)=O)C=Cc2ccc3ccc(nc3c2)C(C)OC(=O)C2CCCN(N2)C1=O. The smallest absolute Gasteiger partial charge is 0.325 e. The van der Waals surface area contributed by atoms with E-state index in [0.717, 1.165) is 15.9 Å². The number of carbonyl (C=O) groups is 4. The van der Waals surface area contributed by atoms with Crippen molar-refractivity contribution >= 4 is 50.7 Å². The number of fused-ring (bicyclic) bond motifs is 4. The molecule has 2 aliphatic heterocycles. The van der Waals surface area contributed by atoms with Crippen molar-refractivity contribution in [2.75, 3.05) is 19.3 Å². The molecule has 0 spiro atoms. The van der Waals surface area contributed by atoms with E-state index in [9.17, 15) is 27.6 Å². The Kier molecular flexibility index (Phi) is 10.8. The molecule has 2 aromatic rings. The van der Waals surface area contributed by atoms with Crippen LogP contribution in [-0.4, -0.2) is 83.9 Å². The molecule has 1 aromatic heterocycles. The molecule has 0 radical (unpaired) electrons. The maximum absolute atomic E-state index is 13.2. The van der Waals surface area contributed by atoms with Crippen molar-refractivity contribution in [2.24, 2.45) is 5.92 Å². The van der Waals surface area contributed by atoms with E-state index in [2.05, 4.69) is 21.0 Å². The first-order valence-electron chi connectivity index (χ1n) is 15.2. The number of esters is 1. The highest BCUT2D eigenvalue weighted by Gasteiger charge is 2.34. The number of ether oxygens (including phenoxy) is 1. The summed E-state index contributed by atoms with van der Waals surface area (Å²) >= 11 is 0. The third kappa shape index (κ3) is 8.78. The standard InChI is InChI=1S/C31H42N6O7S/c1-19(2)28-29(39)32-20(3)30(40)37-16-6-8-25(35-37)31(41)44-21(4)24-13-12-23-11-10-22(18-26(23)33-24)14-17-36(45(5,42)43)15-7-9-27(38)34-28/h10-14,17-21,25,28,35H,6-9,15-16H2,1-5H3,(H,32,39)(H,34,38). The maximum Gasteiger partial charge on any atom is 0.325 e. The summed E-state index contributed by atoms with van der Waals surface area (Å²) in [6, 6.07) is 6.53. The Labute approximate surface area is 263 Å². The van der Waals surface area contributed by atoms with Crippen LogP contribution in [0.4, 0.5) is 0 Å². The van der Waals surface area contributed by atoms with Gasteiger partial charge in [0.25, 0.3) is 5.91 Å². The first kappa shape index (κ1) is 33.8. The lowest BCUT2D eigenvalue weighted by Crippen LogP contribution is -2.61. The van der Waals surface area contributed by atoms with Gasteiger partial charge in [-0.05, 0) is 62.8 Å². The number of rotatable bonds is 2. The number of hydrogen-bond donors (Lipinski definition) is 3. The largest absolute Gasteiger partial charge is 0.455 e. The minimum atomic E-state index is -3.63. The minimum absolute atomic E-state index is 0.0130. The lowest BCUT2D eigenvalue weighted by atomic mass is 10.0. The highest BCUT2D eigenvalue weighted by molar-refractivity contribution is 7.88. The molecular formula is C31H42N6O7S. The molecule has 1 fully saturated rings. The van der Waals surface area contributed by atoms with Gasteiger partial charge in [0.2, 0.25) is 21.8 Å². The van der Waals surface area contributed by atoms with Crippen LogP contribution >= 0.6 is 0 Å². The van der Waals surface area contributed by atoms with Crippen molar-refractivity contribution in [3.63, 3.8) is 0 Å². The Bertz CT molecular complexity index is 1580. The molecule has 5 bridgehead atoms. The van der Waals surface area contributed by atoms with Crippen LogP contribution in [0.5, 0.6) is 0 Å². The van der Waals surface area contributed by atoms with Crippen LogP contribution in [0, 0.1) is 5.92 Å². The summed E-state index contributed by atoms with van der Waals surface area (Å²) in [6.45, 7) is 7.20. The van der Waals surface area contributed by atoms with Gasteiger partial charge in [-0.25, -0.2) is 18.8 Å². The Morgan fingerprint density at radius 1 is 1.00 bits per heavy atom. The molecule has 4 unspecified atom stereocenters. The number of aromatic nitrogens is 1. The highest BCUT2D eigenvalue weighted by atomic mass is 32.2. The number of amides is 3. The Morgan fingerprint density at radius 2 is 1.73 bits per heavy atom. The van der Waals surface area contributed by atoms with Gasteiger partial charge in [-0.2, -0.15) is 0 Å². The van der Waals surface area contributed by atoms with Crippen LogP contribution in [-0.2, 0) is 33.9 Å². The van der Waals surface area contributed by atoms with Crippen LogP contribution in [0.25, 0.3) is 17.0 Å². The lowest BCUT2D eigenvalue weighted by molar-refractivity contribution is -0.157. The fourth-order valence-corrected chi connectivity index (χ4v) is 5.95. The van der Waals surface area contributed by atoms with Crippen molar-refractivity contribution in [3.8, 4) is 0 Å². The van der Waals surface area contributed by atoms with E-state index in [1.54, 1.807) is 45.9 Å². The summed E-state index contributed by atoms with van der Waals surface area (Å²) < 4.78 is 31.9. The van der Waals surface area contributed by atoms with Crippen LogP contribution in [0.1, 0.15) is 70.7 Å². The van der Waals surface area contributed by atoms with Gasteiger partial charge in [0.05, 0.1) is 17.5 Å². The van der Waals surface area contributed by atoms with Crippen molar-refractivity contribution in [1.29, 1.82) is 0 Å². The Hall–Kier alpha value is -4.04. The summed E-state index contributed by atoms with van der Waals surface area (Å²) in [5.41, 5.74) is 4.82. The van der Waals surface area contributed by atoms with Gasteiger partial charge in [-0.15, -0.1) is 0 Å². The fourth-order valence-electron chi connectivity index (χ4n) is 5.21. The van der Waals surface area contributed by atoms with E-state index in [4.69, 9.17) is 4.74 Å². The number of pyridine rings is 1. The zero-order valence-corrected chi connectivity index (χ0v) is 27.1. The number of cyclic esters (lactones) is 1. The van der Waals surface area contributed by atoms with E-state index in [1.807, 2.05) is 18.2 Å². The second kappa shape index (κ2) is 14.4. The summed E-state index contributed by atoms with van der Waals surface area (Å²) in [6.07, 6.45) is 4.73. The number of carbonyl (C=O) groups excluding carboxylic acids is 4. The Balaban J connectivity index is 1.64. The van der Waals surface area contributed by atoms with Crippen LogP contribution in [0.2, 0.25) is 0 Å². The Morgan fingerprint density at radius 3 is 2.44 bits per heavy atom. The molecule has 2 aliphatic rings. The van der Waals surface area contributed by atoms with Crippen molar-refractivity contribution in [3.05, 3.63) is 47.8 Å². The molecule has 0 aliphatic carbocycles. The molecule has 3 amide bonds. The molecule has 45 heavy (non-hydrogen) atoms. The molecule has 244 valence electrons. The number of hydrogen-bond acceptors (Lipinski definition) is 9. The van der Waals surface area contributed by atoms with Crippen LogP contribution in [0.3, 0.4) is 0 Å². The summed E-state index contributed by atoms with van der Waals surface area (Å²) in [5, 5.41) is 7.58. The molecule has 1 saturated heterocycles. The first-order chi connectivity index (χ1) is 21.2. The average molecular weight is 643 g/mol. The summed E-state index contributed by atoms with van der Waals surface area (Å²) in [5.74, 6) is -2.19. The predicted molar refractivity (Wildman–Crippen MR) is 168 cm³/mol. The average Bonchev–Trinajstić information content (AvgIpc) is 2.99.